The maximum atomic E-state index is 13.0. The van der Waals surface area contributed by atoms with Crippen LogP contribution in [-0.2, 0) is 11.3 Å². The number of hydrogen-bond donors (Lipinski definition) is 1. The Morgan fingerprint density at radius 3 is 2.79 bits per heavy atom. The summed E-state index contributed by atoms with van der Waals surface area (Å²) in [6, 6.07) is 12.8. The van der Waals surface area contributed by atoms with Crippen LogP contribution in [0.1, 0.15) is 48.2 Å². The molecule has 2 atom stereocenters. The number of likely N-dealkylation sites (tertiary alicyclic amines) is 1. The van der Waals surface area contributed by atoms with Crippen LogP contribution in [0, 0.1) is 11.2 Å². The first-order chi connectivity index (χ1) is 13.6. The average molecular weight is 381 g/mol. The van der Waals surface area contributed by atoms with Gasteiger partial charge in [0.15, 0.2) is 0 Å². The van der Waals surface area contributed by atoms with Crippen LogP contribution in [0.4, 0.5) is 4.39 Å². The first kappa shape index (κ1) is 18.6. The van der Waals surface area contributed by atoms with Gasteiger partial charge in [-0.2, -0.15) is 0 Å². The number of carbonyl (C=O) groups excluding carboxylic acids is 2. The number of carbonyl (C=O) groups is 2. The van der Waals surface area contributed by atoms with Crippen LogP contribution < -0.4 is 5.32 Å². The highest BCUT2D eigenvalue weighted by Gasteiger charge is 2.50. The zero-order valence-corrected chi connectivity index (χ0v) is 15.7. The van der Waals surface area contributed by atoms with Gasteiger partial charge in [-0.1, -0.05) is 36.8 Å². The fourth-order valence-corrected chi connectivity index (χ4v) is 4.70. The van der Waals surface area contributed by atoms with E-state index in [2.05, 4.69) is 10.3 Å². The van der Waals surface area contributed by atoms with E-state index in [1.807, 2.05) is 35.2 Å². The van der Waals surface area contributed by atoms with E-state index < -0.39 is 5.82 Å². The minimum Gasteiger partial charge on any atom is -0.350 e. The lowest BCUT2D eigenvalue weighted by Gasteiger charge is -2.46. The summed E-state index contributed by atoms with van der Waals surface area (Å²) < 4.78 is 13.0. The number of hydrogen-bond acceptors (Lipinski definition) is 3. The number of amides is 2. The van der Waals surface area contributed by atoms with E-state index in [0.29, 0.717) is 19.5 Å². The maximum Gasteiger partial charge on any atom is 0.269 e. The van der Waals surface area contributed by atoms with Crippen LogP contribution in [0.5, 0.6) is 0 Å². The maximum absolute atomic E-state index is 13.0. The summed E-state index contributed by atoms with van der Waals surface area (Å²) in [5.74, 6) is -0.571. The van der Waals surface area contributed by atoms with Crippen molar-refractivity contribution in [3.05, 3.63) is 65.7 Å². The molecule has 2 aromatic rings. The summed E-state index contributed by atoms with van der Waals surface area (Å²) in [6.07, 6.45) is 5.35. The lowest BCUT2D eigenvalue weighted by Crippen LogP contribution is -2.55. The highest BCUT2D eigenvalue weighted by molar-refractivity contribution is 5.92. The Bertz CT molecular complexity index is 856. The van der Waals surface area contributed by atoms with Crippen molar-refractivity contribution in [2.24, 2.45) is 5.41 Å². The van der Waals surface area contributed by atoms with Gasteiger partial charge >= 0.3 is 0 Å². The van der Waals surface area contributed by atoms with Crippen molar-refractivity contribution in [2.45, 2.75) is 44.7 Å². The van der Waals surface area contributed by atoms with Gasteiger partial charge < -0.3 is 10.2 Å². The van der Waals surface area contributed by atoms with E-state index in [1.54, 1.807) is 0 Å². The van der Waals surface area contributed by atoms with Gasteiger partial charge in [-0.3, -0.25) is 9.59 Å². The molecule has 1 N–H and O–H groups in total. The molecule has 5 nitrogen and oxygen atoms in total. The summed E-state index contributed by atoms with van der Waals surface area (Å²) >= 11 is 0. The van der Waals surface area contributed by atoms with Crippen LogP contribution in [0.3, 0.4) is 0 Å². The number of nitrogens with one attached hydrogen (secondary N) is 1. The standard InChI is InChI=1S/C22H24FN3O2/c23-17-8-9-18(24-13-17)21(28)25-15-22-11-4-7-19(22)26(20(27)10-12-22)14-16-5-2-1-3-6-16/h1-3,5-6,8-9,13,19H,4,7,10-12,14-15H2,(H,25,28)/t19-,22+/m1/s1. The fourth-order valence-electron chi connectivity index (χ4n) is 4.70. The molecule has 2 amide bonds. The van der Waals surface area contributed by atoms with Crippen molar-refractivity contribution in [1.82, 2.24) is 15.2 Å². The molecular weight excluding hydrogens is 357 g/mol. The second-order valence-electron chi connectivity index (χ2n) is 7.82. The summed E-state index contributed by atoms with van der Waals surface area (Å²) in [5.41, 5.74) is 1.23. The molecule has 1 saturated heterocycles. The Morgan fingerprint density at radius 1 is 1.21 bits per heavy atom. The third kappa shape index (κ3) is 3.63. The molecule has 2 aliphatic rings. The zero-order valence-electron chi connectivity index (χ0n) is 15.7. The fraction of sp³-hybridized carbons (Fsp3) is 0.409. The SMILES string of the molecule is O=C(NC[C@@]12CCC[C@H]1N(Cc1ccccc1)C(=O)CC2)c1ccc(F)cn1. The molecule has 2 fully saturated rings. The molecule has 0 bridgehead atoms. The number of benzene rings is 1. The minimum atomic E-state index is -0.464. The number of fused-ring (bicyclic) bond motifs is 1. The van der Waals surface area contributed by atoms with E-state index >= 15 is 0 Å². The first-order valence-electron chi connectivity index (χ1n) is 9.81. The molecule has 1 aliphatic carbocycles. The lowest BCUT2D eigenvalue weighted by molar-refractivity contribution is -0.142. The molecule has 1 aromatic heterocycles. The van der Waals surface area contributed by atoms with Crippen LogP contribution >= 0.6 is 0 Å². The third-order valence-electron chi connectivity index (χ3n) is 6.15. The molecule has 4 rings (SSSR count). The Balaban J connectivity index is 1.48. The number of piperidine rings is 1. The average Bonchev–Trinajstić information content (AvgIpc) is 3.14. The van der Waals surface area contributed by atoms with Crippen molar-refractivity contribution < 1.29 is 14.0 Å². The van der Waals surface area contributed by atoms with Gasteiger partial charge in [-0.25, -0.2) is 9.37 Å². The van der Waals surface area contributed by atoms with Gasteiger partial charge in [0.05, 0.1) is 6.20 Å². The van der Waals surface area contributed by atoms with Crippen molar-refractivity contribution in [3.8, 4) is 0 Å². The Hall–Kier alpha value is -2.76. The topological polar surface area (TPSA) is 62.3 Å². The predicted octanol–water partition coefficient (Wildman–Crippen LogP) is 3.31. The molecule has 146 valence electrons. The van der Waals surface area contributed by atoms with Crippen LogP contribution in [0.2, 0.25) is 0 Å². The quantitative estimate of drug-likeness (QED) is 0.864. The molecule has 1 aromatic carbocycles. The van der Waals surface area contributed by atoms with Gasteiger partial charge in [0.2, 0.25) is 5.91 Å². The normalized spacial score (nSPS) is 24.1. The van der Waals surface area contributed by atoms with Gasteiger partial charge in [0.1, 0.15) is 11.5 Å². The number of halogens is 1. The van der Waals surface area contributed by atoms with E-state index in [-0.39, 0.29) is 29.0 Å². The van der Waals surface area contributed by atoms with Gasteiger partial charge in [-0.05, 0) is 37.0 Å². The molecule has 0 spiro atoms. The minimum absolute atomic E-state index is 0.0988. The Morgan fingerprint density at radius 2 is 2.04 bits per heavy atom. The highest BCUT2D eigenvalue weighted by atomic mass is 19.1. The monoisotopic (exact) mass is 381 g/mol. The molecule has 1 aliphatic heterocycles. The van der Waals surface area contributed by atoms with Gasteiger partial charge in [-0.15, -0.1) is 0 Å². The second-order valence-corrected chi connectivity index (χ2v) is 7.82. The van der Waals surface area contributed by atoms with Crippen LogP contribution in [-0.4, -0.2) is 34.3 Å². The Labute approximate surface area is 164 Å². The molecular formula is C22H24FN3O2. The van der Waals surface area contributed by atoms with Crippen molar-refractivity contribution >= 4 is 11.8 Å². The predicted molar refractivity (Wildman–Crippen MR) is 103 cm³/mol. The zero-order chi connectivity index (χ0) is 19.6. The number of pyridine rings is 1. The second kappa shape index (κ2) is 7.70. The summed E-state index contributed by atoms with van der Waals surface area (Å²) in [5, 5.41) is 2.99. The van der Waals surface area contributed by atoms with E-state index in [0.717, 1.165) is 37.4 Å². The number of aromatic nitrogens is 1. The van der Waals surface area contributed by atoms with Gasteiger partial charge in [0, 0.05) is 31.0 Å². The van der Waals surface area contributed by atoms with Crippen molar-refractivity contribution in [1.29, 1.82) is 0 Å². The summed E-state index contributed by atoms with van der Waals surface area (Å²) in [7, 11) is 0. The lowest BCUT2D eigenvalue weighted by atomic mass is 9.74. The molecule has 1 saturated carbocycles. The molecule has 2 heterocycles. The van der Waals surface area contributed by atoms with E-state index in [1.165, 1.54) is 12.1 Å². The Kier molecular flexibility index (Phi) is 5.11. The smallest absolute Gasteiger partial charge is 0.269 e. The van der Waals surface area contributed by atoms with Crippen LogP contribution in [0.15, 0.2) is 48.7 Å². The number of rotatable bonds is 5. The van der Waals surface area contributed by atoms with Crippen molar-refractivity contribution in [3.63, 3.8) is 0 Å². The highest BCUT2D eigenvalue weighted by Crippen LogP contribution is 2.48. The molecule has 0 radical (unpaired) electrons. The van der Waals surface area contributed by atoms with E-state index in [9.17, 15) is 14.0 Å². The van der Waals surface area contributed by atoms with Crippen LogP contribution in [0.25, 0.3) is 0 Å². The largest absolute Gasteiger partial charge is 0.350 e. The summed E-state index contributed by atoms with van der Waals surface area (Å²) in [6.45, 7) is 1.12. The third-order valence-corrected chi connectivity index (χ3v) is 6.15. The van der Waals surface area contributed by atoms with Crippen molar-refractivity contribution in [2.75, 3.05) is 6.54 Å². The molecule has 0 unspecified atom stereocenters. The van der Waals surface area contributed by atoms with E-state index in [4.69, 9.17) is 0 Å². The van der Waals surface area contributed by atoms with Gasteiger partial charge in [0.25, 0.3) is 5.91 Å². The molecule has 6 heteroatoms. The number of nitrogens with zero attached hydrogens (tertiary/aromatic N) is 2. The summed E-state index contributed by atoms with van der Waals surface area (Å²) in [4.78, 5) is 31.0. The first-order valence-corrected chi connectivity index (χ1v) is 9.81. The molecule has 28 heavy (non-hydrogen) atoms.